The van der Waals surface area contributed by atoms with Gasteiger partial charge in [-0.3, -0.25) is 9.59 Å². The second kappa shape index (κ2) is 78.0. The number of amides is 1. The van der Waals surface area contributed by atoms with Crippen molar-refractivity contribution < 1.29 is 24.5 Å². The first-order valence-corrected chi connectivity index (χ1v) is 40.1. The van der Waals surface area contributed by atoms with Crippen LogP contribution < -0.4 is 5.32 Å². The molecule has 3 N–H and O–H groups in total. The maximum atomic E-state index is 12.5. The van der Waals surface area contributed by atoms with Crippen molar-refractivity contribution in [2.45, 2.75) is 443 Å². The Hall–Kier alpha value is -2.44. The van der Waals surface area contributed by atoms with Crippen LogP contribution in [0.25, 0.3) is 0 Å². The molecule has 0 aromatic carbocycles. The molecule has 0 saturated carbocycles. The number of aliphatic hydroxyl groups is 2. The largest absolute Gasteiger partial charge is 0.466 e. The topological polar surface area (TPSA) is 95.9 Å². The summed E-state index contributed by atoms with van der Waals surface area (Å²) in [7, 11) is 0. The van der Waals surface area contributed by atoms with E-state index < -0.39 is 12.1 Å². The monoisotopic (exact) mass is 1250 g/mol. The van der Waals surface area contributed by atoms with E-state index >= 15 is 0 Å². The van der Waals surface area contributed by atoms with Crippen molar-refractivity contribution in [2.75, 3.05) is 13.2 Å². The van der Waals surface area contributed by atoms with Gasteiger partial charge in [0.1, 0.15) is 0 Å². The Morgan fingerprint density at radius 3 is 0.876 bits per heavy atom. The highest BCUT2D eigenvalue weighted by atomic mass is 16.5. The number of nitrogens with one attached hydrogen (secondary N) is 1. The van der Waals surface area contributed by atoms with Crippen LogP contribution in [0.4, 0.5) is 0 Å². The lowest BCUT2D eigenvalue weighted by Crippen LogP contribution is -2.45. The number of hydrogen-bond donors (Lipinski definition) is 3. The third-order valence-electron chi connectivity index (χ3n) is 18.5. The van der Waals surface area contributed by atoms with Gasteiger partial charge in [0.25, 0.3) is 0 Å². The van der Waals surface area contributed by atoms with E-state index in [9.17, 15) is 19.8 Å². The van der Waals surface area contributed by atoms with Crippen molar-refractivity contribution >= 4 is 11.9 Å². The number of aliphatic hydroxyl groups excluding tert-OH is 2. The van der Waals surface area contributed by atoms with Gasteiger partial charge in [0, 0.05) is 12.8 Å². The Morgan fingerprint density at radius 2 is 0.562 bits per heavy atom. The minimum atomic E-state index is -0.845. The van der Waals surface area contributed by atoms with Gasteiger partial charge >= 0.3 is 5.97 Å². The molecular weight excluding hydrogens is 1090 g/mol. The van der Waals surface area contributed by atoms with Gasteiger partial charge < -0.3 is 20.3 Å². The second-order valence-electron chi connectivity index (χ2n) is 27.4. The smallest absolute Gasteiger partial charge is 0.305 e. The standard InChI is InChI=1S/C83H155NO5/c1-3-5-7-9-11-13-15-17-19-21-23-40-43-47-51-55-59-63-67-71-75-81(86)80(79-85)84-82(87)76-72-68-64-60-56-52-48-44-41-37-35-33-31-29-27-25-24-26-28-30-32-34-36-38-42-46-50-54-58-62-66-70-74-78-89-83(88)77-73-69-65-61-57-53-49-45-39-22-20-18-16-14-12-10-8-6-4-2/h12,14,18,20,28,30,34,36,71,75,80-81,85-86H,3-11,13,15-17,19,21-27,29,31-33,35,37-70,72-74,76-79H2,1-2H3,(H,84,87)/b14-12-,20-18-,30-28-,36-34-,75-71+. The Bertz CT molecular complexity index is 1530. The average molecular weight is 1250 g/mol. The zero-order valence-electron chi connectivity index (χ0n) is 59.9. The van der Waals surface area contributed by atoms with E-state index in [1.54, 1.807) is 6.08 Å². The molecule has 0 saturated heterocycles. The summed E-state index contributed by atoms with van der Waals surface area (Å²) >= 11 is 0. The third kappa shape index (κ3) is 74.5. The predicted octanol–water partition coefficient (Wildman–Crippen LogP) is 26.5. The van der Waals surface area contributed by atoms with Gasteiger partial charge in [0.2, 0.25) is 5.91 Å². The molecule has 0 aromatic heterocycles. The number of carbonyl (C=O) groups excluding carboxylic acids is 2. The molecule has 0 heterocycles. The summed E-state index contributed by atoms with van der Waals surface area (Å²) in [5, 5.41) is 23.3. The van der Waals surface area contributed by atoms with Gasteiger partial charge in [-0.15, -0.1) is 0 Å². The Labute approximate surface area is 556 Å². The van der Waals surface area contributed by atoms with E-state index in [1.807, 2.05) is 6.08 Å². The number of ether oxygens (including phenoxy) is 1. The number of carbonyl (C=O) groups is 2. The molecule has 6 nitrogen and oxygen atoms in total. The van der Waals surface area contributed by atoms with Crippen molar-refractivity contribution in [3.63, 3.8) is 0 Å². The molecule has 6 heteroatoms. The van der Waals surface area contributed by atoms with Crippen molar-refractivity contribution in [1.29, 1.82) is 0 Å². The number of hydrogen-bond acceptors (Lipinski definition) is 5. The highest BCUT2D eigenvalue weighted by Crippen LogP contribution is 2.19. The van der Waals surface area contributed by atoms with Crippen LogP contribution in [0.3, 0.4) is 0 Å². The van der Waals surface area contributed by atoms with Crippen LogP contribution in [0.15, 0.2) is 60.8 Å². The molecule has 0 radical (unpaired) electrons. The molecule has 2 atom stereocenters. The van der Waals surface area contributed by atoms with Gasteiger partial charge in [-0.25, -0.2) is 0 Å². The van der Waals surface area contributed by atoms with Crippen LogP contribution >= 0.6 is 0 Å². The van der Waals surface area contributed by atoms with Gasteiger partial charge in [-0.2, -0.15) is 0 Å². The molecular formula is C83H155NO5. The van der Waals surface area contributed by atoms with Crippen LogP contribution in [-0.4, -0.2) is 47.4 Å². The van der Waals surface area contributed by atoms with Crippen LogP contribution in [-0.2, 0) is 14.3 Å². The van der Waals surface area contributed by atoms with Crippen LogP contribution in [0, 0.1) is 0 Å². The Balaban J connectivity index is 3.40. The average Bonchev–Trinajstić information content (AvgIpc) is 3.57. The van der Waals surface area contributed by atoms with E-state index in [0.717, 1.165) is 57.8 Å². The van der Waals surface area contributed by atoms with Gasteiger partial charge in [-0.1, -0.05) is 383 Å². The normalized spacial score (nSPS) is 12.8. The summed E-state index contributed by atoms with van der Waals surface area (Å²) in [5.41, 5.74) is 0. The van der Waals surface area contributed by atoms with E-state index in [1.165, 1.54) is 347 Å². The molecule has 1 amide bonds. The van der Waals surface area contributed by atoms with Crippen molar-refractivity contribution in [3.05, 3.63) is 60.8 Å². The molecule has 0 rings (SSSR count). The zero-order chi connectivity index (χ0) is 64.2. The quantitative estimate of drug-likeness (QED) is 0.0320. The van der Waals surface area contributed by atoms with E-state index in [4.69, 9.17) is 4.74 Å². The molecule has 0 aromatic rings. The molecule has 0 aliphatic rings. The first kappa shape index (κ1) is 86.6. The fourth-order valence-electron chi connectivity index (χ4n) is 12.4. The fraction of sp³-hybridized carbons (Fsp3) is 0.855. The first-order valence-electron chi connectivity index (χ1n) is 40.1. The third-order valence-corrected chi connectivity index (χ3v) is 18.5. The summed E-state index contributed by atoms with van der Waals surface area (Å²) in [6.45, 7) is 4.91. The zero-order valence-corrected chi connectivity index (χ0v) is 59.9. The first-order chi connectivity index (χ1) is 44.0. The summed E-state index contributed by atoms with van der Waals surface area (Å²) in [4.78, 5) is 24.7. The Kier molecular flexibility index (Phi) is 75.9. The maximum Gasteiger partial charge on any atom is 0.305 e. The molecule has 0 aliphatic heterocycles. The fourth-order valence-corrected chi connectivity index (χ4v) is 12.4. The summed E-state index contributed by atoms with van der Waals surface area (Å²) < 4.78 is 5.51. The van der Waals surface area contributed by atoms with Crippen LogP contribution in [0.1, 0.15) is 431 Å². The van der Waals surface area contributed by atoms with Crippen molar-refractivity contribution in [2.24, 2.45) is 0 Å². The van der Waals surface area contributed by atoms with E-state index in [-0.39, 0.29) is 18.5 Å². The summed E-state index contributed by atoms with van der Waals surface area (Å²) in [5.74, 6) is -0.0521. The minimum Gasteiger partial charge on any atom is -0.466 e. The number of unbranched alkanes of at least 4 members (excludes halogenated alkanes) is 56. The van der Waals surface area contributed by atoms with Crippen molar-refractivity contribution in [1.82, 2.24) is 5.32 Å². The van der Waals surface area contributed by atoms with Crippen molar-refractivity contribution in [3.8, 4) is 0 Å². The number of rotatable bonds is 75. The SMILES string of the molecule is CCCCC/C=C\C/C=C\CCCCCCCCCCCC(=O)OCCCCCCCCCCC/C=C\C/C=C\CCCCCCCCCCCCCCCCCCCC(=O)NC(CO)C(O)/C=C/CCCCCCCCCCCCCCCCCCCC. The lowest BCUT2D eigenvalue weighted by Gasteiger charge is -2.20. The number of esters is 1. The van der Waals surface area contributed by atoms with Crippen LogP contribution in [0.2, 0.25) is 0 Å². The summed E-state index contributed by atoms with van der Waals surface area (Å²) in [6.07, 6.45) is 105. The molecule has 89 heavy (non-hydrogen) atoms. The molecule has 0 bridgehead atoms. The van der Waals surface area contributed by atoms with E-state index in [0.29, 0.717) is 19.4 Å². The molecule has 0 aliphatic carbocycles. The van der Waals surface area contributed by atoms with Gasteiger partial charge in [-0.05, 0) is 96.3 Å². The molecule has 0 spiro atoms. The maximum absolute atomic E-state index is 12.5. The van der Waals surface area contributed by atoms with Gasteiger partial charge in [0.05, 0.1) is 25.4 Å². The number of allylic oxidation sites excluding steroid dienone is 9. The molecule has 2 unspecified atom stereocenters. The molecule has 0 fully saturated rings. The molecule has 522 valence electrons. The second-order valence-corrected chi connectivity index (χ2v) is 27.4. The van der Waals surface area contributed by atoms with Gasteiger partial charge in [0.15, 0.2) is 0 Å². The highest BCUT2D eigenvalue weighted by Gasteiger charge is 2.18. The predicted molar refractivity (Wildman–Crippen MR) is 393 cm³/mol. The van der Waals surface area contributed by atoms with E-state index in [2.05, 4.69) is 67.8 Å². The lowest BCUT2D eigenvalue weighted by molar-refractivity contribution is -0.143. The lowest BCUT2D eigenvalue weighted by atomic mass is 10.0. The highest BCUT2D eigenvalue weighted by molar-refractivity contribution is 5.76. The Morgan fingerprint density at radius 1 is 0.315 bits per heavy atom. The summed E-state index contributed by atoms with van der Waals surface area (Å²) in [6, 6.07) is -0.628. The minimum absolute atomic E-state index is 0.0104. The van der Waals surface area contributed by atoms with Crippen LogP contribution in [0.5, 0.6) is 0 Å².